The van der Waals surface area contributed by atoms with Gasteiger partial charge in [0, 0.05) is 51.5 Å². The lowest BCUT2D eigenvalue weighted by Crippen LogP contribution is -2.54. The van der Waals surface area contributed by atoms with Gasteiger partial charge in [-0.05, 0) is 56.2 Å². The maximum Gasteiger partial charge on any atom is 0.573 e. The van der Waals surface area contributed by atoms with Crippen LogP contribution in [0.1, 0.15) is 66.5 Å². The summed E-state index contributed by atoms with van der Waals surface area (Å²) in [4.78, 5) is 22.0. The Labute approximate surface area is 262 Å². The summed E-state index contributed by atoms with van der Waals surface area (Å²) in [5.41, 5.74) is 0.294. The second-order valence-electron chi connectivity index (χ2n) is 11.6. The first-order chi connectivity index (χ1) is 21.9. The minimum absolute atomic E-state index is 0.0701. The molecule has 2 aromatic rings. The first-order valence-corrected chi connectivity index (χ1v) is 15.2. The fourth-order valence-electron chi connectivity index (χ4n) is 6.02. The van der Waals surface area contributed by atoms with Gasteiger partial charge in [0.1, 0.15) is 17.3 Å². The quantitative estimate of drug-likeness (QED) is 0.355. The number of aromatic nitrogens is 2. The third kappa shape index (κ3) is 9.20. The monoisotopic (exact) mass is 661 g/mol. The first kappa shape index (κ1) is 34.1. The molecular weight excluding hydrogens is 624 g/mol. The largest absolute Gasteiger partial charge is 0.573 e. The standard InChI is InChI=1S/C30H37F6N5O5/c1-43-25-17-44-14-11-22(25)38-19-9-12-41(13-10-19)27(42)23-15-26(40-28(39-23)29(31,32)33)37-16-21-3-2-4-24(45-21)18-5-7-20(8-6-18)46-30(34,35)36/h5-8,15,19,21-22,24-25,38H,2-4,9-14,16-17H2,1H3,(H,37,39,40)/t21?,22-,24+,25+/m1/s1. The van der Waals surface area contributed by atoms with Crippen molar-refractivity contribution in [2.45, 2.75) is 81.5 Å². The molecule has 10 nitrogen and oxygen atoms in total. The van der Waals surface area contributed by atoms with Gasteiger partial charge in [-0.25, -0.2) is 9.97 Å². The Balaban J connectivity index is 1.19. The number of likely N-dealkylation sites (tertiary alicyclic amines) is 1. The third-order valence-corrected chi connectivity index (χ3v) is 8.38. The molecule has 0 radical (unpaired) electrons. The topological polar surface area (TPSA) is 107 Å². The van der Waals surface area contributed by atoms with Crippen LogP contribution in [0.25, 0.3) is 0 Å². The highest BCUT2D eigenvalue weighted by atomic mass is 19.4. The zero-order valence-corrected chi connectivity index (χ0v) is 25.2. The summed E-state index contributed by atoms with van der Waals surface area (Å²) in [5, 5.41) is 6.45. The number of ether oxygens (including phenoxy) is 4. The molecule has 5 rings (SSSR count). The van der Waals surface area contributed by atoms with Crippen molar-refractivity contribution in [1.29, 1.82) is 0 Å². The molecule has 2 N–H and O–H groups in total. The Morgan fingerprint density at radius 1 is 1.02 bits per heavy atom. The predicted octanol–water partition coefficient (Wildman–Crippen LogP) is 5.11. The van der Waals surface area contributed by atoms with Crippen LogP contribution in [0.2, 0.25) is 0 Å². The molecule has 1 unspecified atom stereocenters. The predicted molar refractivity (Wildman–Crippen MR) is 152 cm³/mol. The van der Waals surface area contributed by atoms with Gasteiger partial charge in [-0.3, -0.25) is 4.79 Å². The van der Waals surface area contributed by atoms with E-state index in [-0.39, 0.29) is 42.0 Å². The van der Waals surface area contributed by atoms with Crippen molar-refractivity contribution >= 4 is 11.7 Å². The van der Waals surface area contributed by atoms with E-state index in [4.69, 9.17) is 14.2 Å². The second kappa shape index (κ2) is 14.7. The van der Waals surface area contributed by atoms with Crippen LogP contribution in [-0.4, -0.2) is 91.4 Å². The van der Waals surface area contributed by atoms with E-state index < -0.39 is 36.5 Å². The Hall–Kier alpha value is -3.21. The average molecular weight is 662 g/mol. The minimum Gasteiger partial charge on any atom is -0.406 e. The van der Waals surface area contributed by atoms with Gasteiger partial charge in [-0.1, -0.05) is 12.1 Å². The molecular formula is C30H37F6N5O5. The lowest BCUT2D eigenvalue weighted by molar-refractivity contribution is -0.274. The molecule has 46 heavy (non-hydrogen) atoms. The molecule has 0 bridgehead atoms. The van der Waals surface area contributed by atoms with Crippen molar-refractivity contribution in [1.82, 2.24) is 20.2 Å². The third-order valence-electron chi connectivity index (χ3n) is 8.38. The van der Waals surface area contributed by atoms with Crippen LogP contribution in [0.5, 0.6) is 5.75 Å². The molecule has 3 saturated heterocycles. The van der Waals surface area contributed by atoms with Crippen LogP contribution in [-0.2, 0) is 20.4 Å². The lowest BCUT2D eigenvalue weighted by Gasteiger charge is -2.38. The molecule has 254 valence electrons. The summed E-state index contributed by atoms with van der Waals surface area (Å²) < 4.78 is 99.6. The van der Waals surface area contributed by atoms with E-state index in [1.807, 2.05) is 0 Å². The lowest BCUT2D eigenvalue weighted by atomic mass is 9.98. The highest BCUT2D eigenvalue weighted by molar-refractivity contribution is 5.93. The molecule has 0 saturated carbocycles. The zero-order valence-electron chi connectivity index (χ0n) is 25.2. The molecule has 4 atom stereocenters. The molecule has 16 heteroatoms. The summed E-state index contributed by atoms with van der Waals surface area (Å²) in [6, 6.07) is 6.84. The zero-order chi connectivity index (χ0) is 32.9. The van der Waals surface area contributed by atoms with Crippen LogP contribution >= 0.6 is 0 Å². The van der Waals surface area contributed by atoms with Crippen molar-refractivity contribution in [3.05, 3.63) is 47.4 Å². The highest BCUT2D eigenvalue weighted by Crippen LogP contribution is 2.33. The van der Waals surface area contributed by atoms with E-state index in [2.05, 4.69) is 25.3 Å². The Morgan fingerprint density at radius 2 is 1.76 bits per heavy atom. The van der Waals surface area contributed by atoms with Gasteiger partial charge in [0.2, 0.25) is 5.82 Å². The van der Waals surface area contributed by atoms with Gasteiger partial charge >= 0.3 is 12.5 Å². The van der Waals surface area contributed by atoms with Crippen molar-refractivity contribution < 1.29 is 50.1 Å². The number of carbonyl (C=O) groups excluding carboxylic acids is 1. The number of halogens is 6. The van der Waals surface area contributed by atoms with E-state index in [0.717, 1.165) is 12.8 Å². The number of alkyl halides is 6. The van der Waals surface area contributed by atoms with Crippen molar-refractivity contribution in [2.75, 3.05) is 45.3 Å². The number of amides is 1. The summed E-state index contributed by atoms with van der Waals surface area (Å²) in [7, 11) is 1.64. The summed E-state index contributed by atoms with van der Waals surface area (Å²) in [5.74, 6) is -2.55. The number of nitrogens with zero attached hydrogens (tertiary/aromatic N) is 3. The first-order valence-electron chi connectivity index (χ1n) is 15.2. The fraction of sp³-hybridized carbons (Fsp3) is 0.633. The van der Waals surface area contributed by atoms with Crippen LogP contribution in [0.15, 0.2) is 30.3 Å². The SMILES string of the molecule is CO[C@H]1COCC[C@H]1NC1CCN(C(=O)c2cc(NCC3CCC[C@@H](c4ccc(OC(F)(F)F)cc4)O3)nc(C(F)(F)F)n2)CC1. The molecule has 0 spiro atoms. The number of rotatable bonds is 9. The maximum absolute atomic E-state index is 13.7. The number of hydrogen-bond acceptors (Lipinski definition) is 9. The maximum atomic E-state index is 13.7. The smallest absolute Gasteiger partial charge is 0.406 e. The molecule has 1 amide bonds. The molecule has 1 aromatic carbocycles. The van der Waals surface area contributed by atoms with Crippen LogP contribution in [0.4, 0.5) is 32.2 Å². The molecule has 3 aliphatic heterocycles. The van der Waals surface area contributed by atoms with Gasteiger partial charge in [0.25, 0.3) is 5.91 Å². The number of methoxy groups -OCH3 is 1. The number of nitrogens with one attached hydrogen (secondary N) is 2. The normalized spacial score (nSPS) is 24.9. The molecule has 3 fully saturated rings. The van der Waals surface area contributed by atoms with Gasteiger partial charge in [0.05, 0.1) is 24.9 Å². The highest BCUT2D eigenvalue weighted by Gasteiger charge is 2.37. The van der Waals surface area contributed by atoms with Gasteiger partial charge in [-0.2, -0.15) is 13.2 Å². The van der Waals surface area contributed by atoms with E-state index >= 15 is 0 Å². The van der Waals surface area contributed by atoms with Gasteiger partial charge in [0.15, 0.2) is 0 Å². The van der Waals surface area contributed by atoms with E-state index in [1.165, 1.54) is 35.2 Å². The average Bonchev–Trinajstić information content (AvgIpc) is 3.03. The Morgan fingerprint density at radius 3 is 2.43 bits per heavy atom. The summed E-state index contributed by atoms with van der Waals surface area (Å²) in [6.07, 6.45) is -6.59. The Kier molecular flexibility index (Phi) is 10.9. The number of hydrogen-bond donors (Lipinski definition) is 2. The van der Waals surface area contributed by atoms with Crippen molar-refractivity contribution in [3.63, 3.8) is 0 Å². The van der Waals surface area contributed by atoms with E-state index in [9.17, 15) is 31.1 Å². The molecule has 0 aliphatic carbocycles. The summed E-state index contributed by atoms with van der Waals surface area (Å²) >= 11 is 0. The van der Waals surface area contributed by atoms with E-state index in [0.29, 0.717) is 57.6 Å². The molecule has 1 aromatic heterocycles. The van der Waals surface area contributed by atoms with Crippen molar-refractivity contribution in [2.24, 2.45) is 0 Å². The van der Waals surface area contributed by atoms with Gasteiger partial charge < -0.3 is 34.5 Å². The molecule has 3 aliphatic rings. The fourth-order valence-corrected chi connectivity index (χ4v) is 6.02. The number of piperidine rings is 1. The number of anilines is 1. The van der Waals surface area contributed by atoms with Crippen molar-refractivity contribution in [3.8, 4) is 5.75 Å². The minimum atomic E-state index is -4.88. The van der Waals surface area contributed by atoms with Gasteiger partial charge in [-0.15, -0.1) is 13.2 Å². The number of carbonyl (C=O) groups is 1. The molecule has 4 heterocycles. The van der Waals surface area contributed by atoms with Crippen LogP contribution in [0.3, 0.4) is 0 Å². The Bertz CT molecular complexity index is 1310. The van der Waals surface area contributed by atoms with E-state index in [1.54, 1.807) is 7.11 Å². The second-order valence-corrected chi connectivity index (χ2v) is 11.6. The summed E-state index contributed by atoms with van der Waals surface area (Å²) in [6.45, 7) is 1.94. The number of benzene rings is 1. The van der Waals surface area contributed by atoms with Crippen LogP contribution in [0, 0.1) is 0 Å². The van der Waals surface area contributed by atoms with Crippen LogP contribution < -0.4 is 15.4 Å².